The van der Waals surface area contributed by atoms with Gasteiger partial charge in [0.1, 0.15) is 0 Å². The molecule has 0 bridgehead atoms. The number of fused-ring (bicyclic) bond motifs is 22. The SMILES string of the molecule is c1ccc2c(c1)-c1ccccc1C2c1ccc2c(c1)c1ccccc1n2-c1ccc2c(c1)-c1cc3c4ccccc4c4ccccc4c3cc1C21c2ccccc2-c2ccccc21. The van der Waals surface area contributed by atoms with Crippen molar-refractivity contribution >= 4 is 54.1 Å². The minimum Gasteiger partial charge on any atom is -0.309 e. The van der Waals surface area contributed by atoms with Crippen molar-refractivity contribution in [2.75, 3.05) is 0 Å². The molecular weight excluding hydrogens is 759 g/mol. The van der Waals surface area contributed by atoms with Crippen LogP contribution in [0.3, 0.4) is 0 Å². The van der Waals surface area contributed by atoms with Crippen molar-refractivity contribution in [3.05, 3.63) is 257 Å². The molecule has 290 valence electrons. The van der Waals surface area contributed by atoms with E-state index in [0.29, 0.717) is 0 Å². The van der Waals surface area contributed by atoms with Crippen LogP contribution in [0.5, 0.6) is 0 Å². The Hall–Kier alpha value is -8.00. The predicted molar refractivity (Wildman–Crippen MR) is 262 cm³/mol. The zero-order valence-corrected chi connectivity index (χ0v) is 34.3. The van der Waals surface area contributed by atoms with Gasteiger partial charge in [-0.15, -0.1) is 0 Å². The zero-order valence-electron chi connectivity index (χ0n) is 34.3. The van der Waals surface area contributed by atoms with Crippen LogP contribution in [0, 0.1) is 0 Å². The van der Waals surface area contributed by atoms with Crippen LogP contribution in [-0.4, -0.2) is 4.57 Å². The summed E-state index contributed by atoms with van der Waals surface area (Å²) in [6.45, 7) is 0. The molecule has 15 rings (SSSR count). The molecule has 1 nitrogen and oxygen atoms in total. The van der Waals surface area contributed by atoms with Crippen LogP contribution >= 0.6 is 0 Å². The fourth-order valence-electron chi connectivity index (χ4n) is 12.6. The Labute approximate surface area is 364 Å². The molecule has 0 radical (unpaired) electrons. The van der Waals surface area contributed by atoms with E-state index in [0.717, 1.165) is 0 Å². The summed E-state index contributed by atoms with van der Waals surface area (Å²) in [5.74, 6) is 0.191. The largest absolute Gasteiger partial charge is 0.309 e. The fraction of sp³-hybridized carbons (Fsp3) is 0.0323. The number of aromatic nitrogens is 1. The van der Waals surface area contributed by atoms with Gasteiger partial charge in [-0.05, 0) is 147 Å². The number of benzene rings is 11. The second-order valence-electron chi connectivity index (χ2n) is 17.8. The Morgan fingerprint density at radius 2 is 0.762 bits per heavy atom. The van der Waals surface area contributed by atoms with Gasteiger partial charge in [-0.3, -0.25) is 0 Å². The summed E-state index contributed by atoms with van der Waals surface area (Å²) in [5, 5.41) is 10.4. The Kier molecular flexibility index (Phi) is 6.47. The van der Waals surface area contributed by atoms with Crippen LogP contribution in [0.15, 0.2) is 218 Å². The maximum absolute atomic E-state index is 2.57. The van der Waals surface area contributed by atoms with Crippen molar-refractivity contribution < 1.29 is 0 Å². The van der Waals surface area contributed by atoms with Gasteiger partial charge in [0.05, 0.1) is 16.4 Å². The van der Waals surface area contributed by atoms with E-state index in [9.17, 15) is 0 Å². The van der Waals surface area contributed by atoms with E-state index in [1.54, 1.807) is 0 Å². The lowest BCUT2D eigenvalue weighted by molar-refractivity contribution is 0.795. The molecule has 1 heteroatoms. The van der Waals surface area contributed by atoms with Gasteiger partial charge in [0.15, 0.2) is 0 Å². The minimum atomic E-state index is -0.457. The molecule has 3 aliphatic rings. The third-order valence-corrected chi connectivity index (χ3v) is 15.1. The molecule has 0 fully saturated rings. The van der Waals surface area contributed by atoms with E-state index >= 15 is 0 Å². The second-order valence-corrected chi connectivity index (χ2v) is 17.8. The molecule has 12 aromatic rings. The van der Waals surface area contributed by atoms with Gasteiger partial charge < -0.3 is 4.57 Å². The normalized spacial score (nSPS) is 14.1. The lowest BCUT2D eigenvalue weighted by Gasteiger charge is -2.31. The molecule has 0 atom stereocenters. The van der Waals surface area contributed by atoms with Crippen LogP contribution in [0.4, 0.5) is 0 Å². The first-order valence-corrected chi connectivity index (χ1v) is 22.2. The molecule has 1 spiro atoms. The number of nitrogens with zero attached hydrogens (tertiary/aromatic N) is 1. The Morgan fingerprint density at radius 3 is 1.41 bits per heavy atom. The first-order chi connectivity index (χ1) is 31.3. The van der Waals surface area contributed by atoms with Gasteiger partial charge in [-0.1, -0.05) is 176 Å². The molecule has 11 aromatic carbocycles. The molecule has 0 aliphatic heterocycles. The van der Waals surface area contributed by atoms with E-state index in [1.807, 2.05) is 0 Å². The van der Waals surface area contributed by atoms with Crippen molar-refractivity contribution in [3.8, 4) is 39.1 Å². The smallest absolute Gasteiger partial charge is 0.0725 e. The van der Waals surface area contributed by atoms with Crippen molar-refractivity contribution in [2.45, 2.75) is 11.3 Å². The molecule has 0 amide bonds. The summed E-state index contributed by atoms with van der Waals surface area (Å²) in [6.07, 6.45) is 0. The average Bonchev–Trinajstić information content (AvgIpc) is 4.05. The van der Waals surface area contributed by atoms with Crippen LogP contribution < -0.4 is 0 Å². The summed E-state index contributed by atoms with van der Waals surface area (Å²) in [4.78, 5) is 0. The first kappa shape index (κ1) is 33.7. The molecule has 0 N–H and O–H groups in total. The van der Waals surface area contributed by atoms with E-state index < -0.39 is 5.41 Å². The average molecular weight is 796 g/mol. The summed E-state index contributed by atoms with van der Waals surface area (Å²) < 4.78 is 2.51. The van der Waals surface area contributed by atoms with Crippen LogP contribution in [0.25, 0.3) is 93.2 Å². The second kappa shape index (κ2) is 12.1. The van der Waals surface area contributed by atoms with E-state index in [2.05, 4.69) is 223 Å². The minimum absolute atomic E-state index is 0.191. The summed E-state index contributed by atoms with van der Waals surface area (Å²) in [7, 11) is 0. The predicted octanol–water partition coefficient (Wildman–Crippen LogP) is 15.7. The maximum atomic E-state index is 2.57. The van der Waals surface area contributed by atoms with E-state index in [4.69, 9.17) is 0 Å². The third kappa shape index (κ3) is 4.18. The zero-order chi connectivity index (χ0) is 41.0. The standard InChI is InChI=1S/C62H37N/c1-3-19-43-39(15-1)40-16-2-4-20-44(40)51-36-58-53(35-50(43)51)52-34-38(30-31-57(52)62(58)55-26-12-9-21-45(55)46-22-10-13-27-56(46)62)63-59-28-14-11-23-47(59)54-33-37(29-32-60(54)63)61-48-24-7-5-17-41(48)42-18-6-8-25-49(42)61/h1-36,61H. The first-order valence-electron chi connectivity index (χ1n) is 22.2. The highest BCUT2D eigenvalue weighted by Crippen LogP contribution is 2.64. The summed E-state index contributed by atoms with van der Waals surface area (Å²) in [6, 6.07) is 82.9. The van der Waals surface area contributed by atoms with Crippen molar-refractivity contribution in [1.82, 2.24) is 4.57 Å². The van der Waals surface area contributed by atoms with Crippen LogP contribution in [-0.2, 0) is 5.41 Å². The highest BCUT2D eigenvalue weighted by Gasteiger charge is 2.52. The number of rotatable bonds is 2. The molecular formula is C62H37N. The monoisotopic (exact) mass is 795 g/mol. The topological polar surface area (TPSA) is 4.93 Å². The number of hydrogen-bond acceptors (Lipinski definition) is 0. The van der Waals surface area contributed by atoms with Gasteiger partial charge in [0, 0.05) is 22.4 Å². The summed E-state index contributed by atoms with van der Waals surface area (Å²) >= 11 is 0. The highest BCUT2D eigenvalue weighted by atomic mass is 15.0. The molecule has 0 saturated heterocycles. The van der Waals surface area contributed by atoms with Crippen molar-refractivity contribution in [1.29, 1.82) is 0 Å². The van der Waals surface area contributed by atoms with Crippen molar-refractivity contribution in [3.63, 3.8) is 0 Å². The molecule has 63 heavy (non-hydrogen) atoms. The number of hydrogen-bond donors (Lipinski definition) is 0. The van der Waals surface area contributed by atoms with Gasteiger partial charge in [0.25, 0.3) is 0 Å². The number of para-hydroxylation sites is 1. The lowest BCUT2D eigenvalue weighted by Crippen LogP contribution is -2.25. The lowest BCUT2D eigenvalue weighted by atomic mass is 9.70. The van der Waals surface area contributed by atoms with Gasteiger partial charge in [0.2, 0.25) is 0 Å². The fourth-order valence-corrected chi connectivity index (χ4v) is 12.6. The Bertz CT molecular complexity index is 3900. The molecule has 0 unspecified atom stereocenters. The van der Waals surface area contributed by atoms with E-state index in [-0.39, 0.29) is 5.92 Å². The van der Waals surface area contributed by atoms with Gasteiger partial charge >= 0.3 is 0 Å². The van der Waals surface area contributed by atoms with Gasteiger partial charge in [-0.2, -0.15) is 0 Å². The Morgan fingerprint density at radius 1 is 0.286 bits per heavy atom. The van der Waals surface area contributed by atoms with E-state index in [1.165, 1.54) is 132 Å². The highest BCUT2D eigenvalue weighted by molar-refractivity contribution is 6.26. The summed E-state index contributed by atoms with van der Waals surface area (Å²) in [5.41, 5.74) is 20.7. The van der Waals surface area contributed by atoms with Gasteiger partial charge in [-0.25, -0.2) is 0 Å². The molecule has 0 saturated carbocycles. The van der Waals surface area contributed by atoms with Crippen LogP contribution in [0.2, 0.25) is 0 Å². The molecule has 1 aromatic heterocycles. The van der Waals surface area contributed by atoms with Crippen molar-refractivity contribution in [2.24, 2.45) is 0 Å². The van der Waals surface area contributed by atoms with Crippen LogP contribution in [0.1, 0.15) is 44.9 Å². The molecule has 3 aliphatic carbocycles. The molecule has 1 heterocycles. The third-order valence-electron chi connectivity index (χ3n) is 15.1. The Balaban J connectivity index is 1.02. The maximum Gasteiger partial charge on any atom is 0.0725 e. The quantitative estimate of drug-likeness (QED) is 0.154.